The highest BCUT2D eigenvalue weighted by molar-refractivity contribution is 5.89. The molecular weight excluding hydrogens is 563 g/mol. The van der Waals surface area contributed by atoms with Crippen molar-refractivity contribution >= 4 is 17.9 Å². The summed E-state index contributed by atoms with van der Waals surface area (Å²) >= 11 is 0. The molecule has 2 aromatic rings. The van der Waals surface area contributed by atoms with Gasteiger partial charge in [0, 0.05) is 63.8 Å². The minimum Gasteiger partial charge on any atom is -0.489 e. The van der Waals surface area contributed by atoms with Gasteiger partial charge in [-0.25, -0.2) is 9.18 Å². The fourth-order valence-electron chi connectivity index (χ4n) is 6.15. The van der Waals surface area contributed by atoms with Crippen LogP contribution in [0, 0.1) is 11.7 Å². The summed E-state index contributed by atoms with van der Waals surface area (Å²) in [5.41, 5.74) is 1.19. The van der Waals surface area contributed by atoms with Crippen LogP contribution >= 0.6 is 0 Å². The summed E-state index contributed by atoms with van der Waals surface area (Å²) in [5, 5.41) is 3.19. The predicted octanol–water partition coefficient (Wildman–Crippen LogP) is 4.16. The maximum Gasteiger partial charge on any atom is 0.410 e. The molecule has 3 heterocycles. The Morgan fingerprint density at radius 1 is 1.05 bits per heavy atom. The third kappa shape index (κ3) is 8.59. The van der Waals surface area contributed by atoms with Gasteiger partial charge in [0.2, 0.25) is 11.8 Å². The molecule has 0 aromatic heterocycles. The molecule has 4 bridgehead atoms. The molecule has 3 atom stereocenters. The lowest BCUT2D eigenvalue weighted by atomic mass is 9.95. The van der Waals surface area contributed by atoms with Crippen molar-refractivity contribution in [2.45, 2.75) is 64.3 Å². The van der Waals surface area contributed by atoms with Gasteiger partial charge in [-0.2, -0.15) is 0 Å². The van der Waals surface area contributed by atoms with Gasteiger partial charge in [-0.05, 0) is 62.9 Å². The first-order valence-corrected chi connectivity index (χ1v) is 15.4. The Morgan fingerprint density at radius 2 is 1.84 bits per heavy atom. The second kappa shape index (κ2) is 13.8. The molecule has 2 fully saturated rings. The summed E-state index contributed by atoms with van der Waals surface area (Å²) in [5.74, 6) is -0.783. The molecule has 236 valence electrons. The van der Waals surface area contributed by atoms with Crippen LogP contribution in [-0.4, -0.2) is 89.6 Å². The summed E-state index contributed by atoms with van der Waals surface area (Å²) in [6.45, 7) is 8.96. The quantitative estimate of drug-likeness (QED) is 0.526. The Bertz CT molecular complexity index is 1360. The first kappa shape index (κ1) is 31.5. The molecule has 0 radical (unpaired) electrons. The molecule has 9 nitrogen and oxygen atoms in total. The van der Waals surface area contributed by atoms with E-state index in [1.807, 2.05) is 45.0 Å². The van der Waals surface area contributed by atoms with Crippen molar-refractivity contribution in [1.29, 1.82) is 0 Å². The molecule has 2 aromatic carbocycles. The number of nitrogens with one attached hydrogen (secondary N) is 1. The topological polar surface area (TPSA) is 91.4 Å². The normalized spacial score (nSPS) is 23.4. The van der Waals surface area contributed by atoms with Crippen molar-refractivity contribution in [3.63, 3.8) is 0 Å². The van der Waals surface area contributed by atoms with Gasteiger partial charge >= 0.3 is 6.09 Å². The molecule has 1 N–H and O–H groups in total. The molecular formula is C34H43FN4O5. The van der Waals surface area contributed by atoms with Crippen molar-refractivity contribution in [3.05, 3.63) is 77.6 Å². The Kier molecular flexibility index (Phi) is 9.88. The van der Waals surface area contributed by atoms with E-state index in [1.54, 1.807) is 21.9 Å². The monoisotopic (exact) mass is 606 g/mol. The van der Waals surface area contributed by atoms with Crippen LogP contribution in [0.1, 0.15) is 44.7 Å². The number of rotatable bonds is 4. The number of ether oxygens (including phenoxy) is 2. The van der Waals surface area contributed by atoms with E-state index in [-0.39, 0.29) is 30.9 Å². The van der Waals surface area contributed by atoms with E-state index in [2.05, 4.69) is 22.3 Å². The second-order valence-electron chi connectivity index (χ2n) is 13.0. The van der Waals surface area contributed by atoms with Crippen LogP contribution in [0.5, 0.6) is 5.75 Å². The average molecular weight is 607 g/mol. The van der Waals surface area contributed by atoms with E-state index < -0.39 is 29.5 Å². The smallest absolute Gasteiger partial charge is 0.410 e. The zero-order chi connectivity index (χ0) is 31.3. The van der Waals surface area contributed by atoms with E-state index >= 15 is 0 Å². The van der Waals surface area contributed by atoms with Gasteiger partial charge < -0.3 is 24.6 Å². The number of piperazine rings is 1. The molecule has 44 heavy (non-hydrogen) atoms. The van der Waals surface area contributed by atoms with Gasteiger partial charge in [0.1, 0.15) is 23.8 Å². The number of carbonyl (C=O) groups is 3. The zero-order valence-corrected chi connectivity index (χ0v) is 25.8. The van der Waals surface area contributed by atoms with E-state index in [4.69, 9.17) is 9.47 Å². The van der Waals surface area contributed by atoms with Gasteiger partial charge in [0.25, 0.3) is 0 Å². The predicted molar refractivity (Wildman–Crippen MR) is 164 cm³/mol. The van der Waals surface area contributed by atoms with Crippen molar-refractivity contribution in [1.82, 2.24) is 20.0 Å². The lowest BCUT2D eigenvalue weighted by Gasteiger charge is -2.43. The SMILES string of the molecule is CC(C)(C)OC(=O)N1CCN(Cc2ccccc2)C[C@@H]1C[C@@H]1Cc2cc(F)cc(c2)OCC=CCN2CC(CC2=O)C(=O)N1. The number of carbonyl (C=O) groups excluding carboxylic acids is 3. The van der Waals surface area contributed by atoms with Crippen LogP contribution in [0.15, 0.2) is 60.7 Å². The maximum atomic E-state index is 14.7. The summed E-state index contributed by atoms with van der Waals surface area (Å²) in [7, 11) is 0. The first-order chi connectivity index (χ1) is 21.0. The van der Waals surface area contributed by atoms with Crippen LogP contribution in [0.25, 0.3) is 0 Å². The average Bonchev–Trinajstić information content (AvgIpc) is 3.32. The van der Waals surface area contributed by atoms with E-state index in [9.17, 15) is 18.8 Å². The lowest BCUT2D eigenvalue weighted by Crippen LogP contribution is -2.58. The van der Waals surface area contributed by atoms with Crippen LogP contribution in [0.2, 0.25) is 0 Å². The van der Waals surface area contributed by atoms with E-state index in [0.717, 1.165) is 6.54 Å². The number of fused-ring (bicyclic) bond motifs is 4. The van der Waals surface area contributed by atoms with Crippen LogP contribution < -0.4 is 10.1 Å². The Hall–Kier alpha value is -3.92. The molecule has 5 rings (SSSR count). The van der Waals surface area contributed by atoms with Gasteiger partial charge in [0.05, 0.1) is 5.92 Å². The Balaban J connectivity index is 1.42. The summed E-state index contributed by atoms with van der Waals surface area (Å²) in [6, 6.07) is 14.1. The third-order valence-corrected chi connectivity index (χ3v) is 8.18. The molecule has 3 amide bonds. The molecule has 0 aliphatic carbocycles. The Labute approximate surface area is 259 Å². The third-order valence-electron chi connectivity index (χ3n) is 8.18. The molecule has 0 spiro atoms. The molecule has 3 aliphatic rings. The van der Waals surface area contributed by atoms with Crippen molar-refractivity contribution in [2.75, 3.05) is 39.3 Å². The van der Waals surface area contributed by atoms with Crippen LogP contribution in [0.3, 0.4) is 0 Å². The summed E-state index contributed by atoms with van der Waals surface area (Å²) < 4.78 is 26.3. The second-order valence-corrected chi connectivity index (χ2v) is 13.0. The number of hydrogen-bond donors (Lipinski definition) is 1. The molecule has 1 unspecified atom stereocenters. The van der Waals surface area contributed by atoms with Crippen LogP contribution in [0.4, 0.5) is 9.18 Å². The van der Waals surface area contributed by atoms with Crippen LogP contribution in [-0.2, 0) is 27.3 Å². The highest BCUT2D eigenvalue weighted by Gasteiger charge is 2.38. The number of amides is 3. The fourth-order valence-corrected chi connectivity index (χ4v) is 6.15. The van der Waals surface area contributed by atoms with E-state index in [0.29, 0.717) is 56.9 Å². The largest absolute Gasteiger partial charge is 0.489 e. The van der Waals surface area contributed by atoms with Crippen molar-refractivity contribution in [2.24, 2.45) is 5.92 Å². The fraction of sp³-hybridized carbons (Fsp3) is 0.500. The van der Waals surface area contributed by atoms with Crippen molar-refractivity contribution in [3.8, 4) is 5.75 Å². The van der Waals surface area contributed by atoms with Crippen molar-refractivity contribution < 1.29 is 28.2 Å². The highest BCUT2D eigenvalue weighted by Crippen LogP contribution is 2.25. The lowest BCUT2D eigenvalue weighted by molar-refractivity contribution is -0.129. The van der Waals surface area contributed by atoms with Gasteiger partial charge in [-0.1, -0.05) is 36.4 Å². The number of nitrogens with zero attached hydrogens (tertiary/aromatic N) is 3. The summed E-state index contributed by atoms with van der Waals surface area (Å²) in [6.07, 6.45) is 4.13. The minimum absolute atomic E-state index is 0.0633. The number of hydrogen-bond acceptors (Lipinski definition) is 6. The molecule has 0 saturated carbocycles. The molecule has 2 saturated heterocycles. The van der Waals surface area contributed by atoms with Gasteiger partial charge in [-0.15, -0.1) is 0 Å². The van der Waals surface area contributed by atoms with Gasteiger partial charge in [-0.3, -0.25) is 14.5 Å². The summed E-state index contributed by atoms with van der Waals surface area (Å²) in [4.78, 5) is 45.4. The minimum atomic E-state index is -0.659. The molecule has 3 aliphatic heterocycles. The number of halogens is 1. The number of benzene rings is 2. The Morgan fingerprint density at radius 3 is 2.61 bits per heavy atom. The maximum absolute atomic E-state index is 14.7. The highest BCUT2D eigenvalue weighted by atomic mass is 19.1. The zero-order valence-electron chi connectivity index (χ0n) is 25.8. The molecule has 10 heteroatoms. The standard InChI is InChI=1S/C34H43FN4O5/c1-34(2,3)44-33(42)39-13-12-37(21-24-9-5-4-6-10-24)23-29(39)20-28-16-25-15-27(35)19-30(17-25)43-14-8-7-11-38-22-26(18-31(38)40)32(41)36-28/h4-10,15,17,19,26,28-29H,11-14,16,18,20-23H2,1-3H3,(H,36,41)/t26?,28-,29-/m0/s1. The van der Waals surface area contributed by atoms with E-state index in [1.165, 1.54) is 17.7 Å². The van der Waals surface area contributed by atoms with Gasteiger partial charge in [0.15, 0.2) is 0 Å². The first-order valence-electron chi connectivity index (χ1n) is 15.4.